The van der Waals surface area contributed by atoms with Crippen molar-refractivity contribution in [2.75, 3.05) is 0 Å². The standard InChI is InChI=1S/C13H8Br2N4O/c1-19-11(13(15)17-18-19)12(20)10-8(14)6-7-4-2-3-5-9(7)16-10/h2-6H,1H3. The maximum Gasteiger partial charge on any atom is 0.233 e. The molecule has 0 atom stereocenters. The van der Waals surface area contributed by atoms with Crippen LogP contribution in [0.1, 0.15) is 16.2 Å². The van der Waals surface area contributed by atoms with Crippen LogP contribution >= 0.6 is 31.9 Å². The minimum absolute atomic E-state index is 0.234. The van der Waals surface area contributed by atoms with E-state index < -0.39 is 0 Å². The van der Waals surface area contributed by atoms with E-state index in [9.17, 15) is 4.79 Å². The van der Waals surface area contributed by atoms with Crippen molar-refractivity contribution in [3.63, 3.8) is 0 Å². The number of para-hydroxylation sites is 1. The highest BCUT2D eigenvalue weighted by atomic mass is 79.9. The largest absolute Gasteiger partial charge is 0.285 e. The topological polar surface area (TPSA) is 60.7 Å². The van der Waals surface area contributed by atoms with Crippen LogP contribution in [0.2, 0.25) is 0 Å². The number of nitrogens with zero attached hydrogens (tertiary/aromatic N) is 4. The number of halogens is 2. The lowest BCUT2D eigenvalue weighted by Gasteiger charge is -2.05. The molecule has 0 bridgehead atoms. The molecule has 0 spiro atoms. The molecule has 3 rings (SSSR count). The van der Waals surface area contributed by atoms with Crippen molar-refractivity contribution in [2.45, 2.75) is 0 Å². The van der Waals surface area contributed by atoms with E-state index in [1.807, 2.05) is 30.3 Å². The Labute approximate surface area is 131 Å². The van der Waals surface area contributed by atoms with Crippen LogP contribution in [-0.2, 0) is 7.05 Å². The fourth-order valence-corrected chi connectivity index (χ4v) is 2.96. The van der Waals surface area contributed by atoms with Crippen LogP contribution in [0.15, 0.2) is 39.4 Å². The third-order valence-corrected chi connectivity index (χ3v) is 4.03. The van der Waals surface area contributed by atoms with Crippen molar-refractivity contribution in [1.82, 2.24) is 20.0 Å². The summed E-state index contributed by atoms with van der Waals surface area (Å²) in [5.41, 5.74) is 1.48. The molecule has 0 saturated carbocycles. The van der Waals surface area contributed by atoms with Gasteiger partial charge in [-0.25, -0.2) is 9.67 Å². The number of ketones is 1. The fraction of sp³-hybridized carbons (Fsp3) is 0.0769. The number of aryl methyl sites for hydroxylation is 1. The third-order valence-electron chi connectivity index (χ3n) is 2.89. The lowest BCUT2D eigenvalue weighted by atomic mass is 10.1. The van der Waals surface area contributed by atoms with Crippen molar-refractivity contribution < 1.29 is 4.79 Å². The highest BCUT2D eigenvalue weighted by molar-refractivity contribution is 9.10. The second kappa shape index (κ2) is 5.06. The van der Waals surface area contributed by atoms with Crippen molar-refractivity contribution in [3.8, 4) is 0 Å². The predicted molar refractivity (Wildman–Crippen MR) is 81.6 cm³/mol. The number of rotatable bonds is 2. The van der Waals surface area contributed by atoms with Gasteiger partial charge in [-0.15, -0.1) is 5.10 Å². The molecule has 2 aromatic heterocycles. The number of hydrogen-bond donors (Lipinski definition) is 0. The summed E-state index contributed by atoms with van der Waals surface area (Å²) >= 11 is 6.63. The van der Waals surface area contributed by atoms with Gasteiger partial charge in [0.25, 0.3) is 0 Å². The van der Waals surface area contributed by atoms with Crippen LogP contribution in [-0.4, -0.2) is 25.8 Å². The first kappa shape index (κ1) is 13.4. The van der Waals surface area contributed by atoms with Crippen molar-refractivity contribution in [1.29, 1.82) is 0 Å². The van der Waals surface area contributed by atoms with Crippen LogP contribution < -0.4 is 0 Å². The van der Waals surface area contributed by atoms with Crippen molar-refractivity contribution >= 4 is 48.5 Å². The number of carbonyl (C=O) groups excluding carboxylic acids is 1. The van der Waals surface area contributed by atoms with Gasteiger partial charge in [0.05, 0.1) is 5.52 Å². The average molecular weight is 396 g/mol. The first-order chi connectivity index (χ1) is 9.58. The molecule has 20 heavy (non-hydrogen) atoms. The Bertz CT molecular complexity index is 809. The molecular weight excluding hydrogens is 388 g/mol. The molecule has 0 radical (unpaired) electrons. The molecule has 100 valence electrons. The van der Waals surface area contributed by atoms with Gasteiger partial charge in [0.1, 0.15) is 11.4 Å². The Morgan fingerprint density at radius 2 is 2.00 bits per heavy atom. The molecule has 0 aliphatic carbocycles. The summed E-state index contributed by atoms with van der Waals surface area (Å²) in [5, 5.41) is 8.60. The lowest BCUT2D eigenvalue weighted by Crippen LogP contribution is -2.11. The van der Waals surface area contributed by atoms with Gasteiger partial charge in [-0.3, -0.25) is 4.79 Å². The molecule has 0 fully saturated rings. The monoisotopic (exact) mass is 394 g/mol. The van der Waals surface area contributed by atoms with Gasteiger partial charge in [-0.1, -0.05) is 23.4 Å². The van der Waals surface area contributed by atoms with Gasteiger partial charge in [-0.2, -0.15) is 0 Å². The van der Waals surface area contributed by atoms with E-state index in [0.29, 0.717) is 20.5 Å². The van der Waals surface area contributed by atoms with E-state index >= 15 is 0 Å². The van der Waals surface area contributed by atoms with Crippen molar-refractivity contribution in [3.05, 3.63) is 50.8 Å². The zero-order valence-electron chi connectivity index (χ0n) is 10.3. The Kier molecular flexibility index (Phi) is 3.39. The number of pyridine rings is 1. The quantitative estimate of drug-likeness (QED) is 0.625. The Balaban J connectivity index is 2.19. The maximum atomic E-state index is 12.6. The molecule has 0 aliphatic rings. The van der Waals surface area contributed by atoms with Gasteiger partial charge in [0.2, 0.25) is 5.78 Å². The number of aromatic nitrogens is 4. The Morgan fingerprint density at radius 3 is 2.70 bits per heavy atom. The molecule has 2 heterocycles. The second-order valence-corrected chi connectivity index (χ2v) is 5.80. The predicted octanol–water partition coefficient (Wildman–Crippen LogP) is 3.12. The SMILES string of the molecule is Cn1nnc(Br)c1C(=O)c1nc2ccccc2cc1Br. The van der Waals surface area contributed by atoms with E-state index in [1.54, 1.807) is 7.05 Å². The molecular formula is C13H8Br2N4O. The minimum atomic E-state index is -0.234. The summed E-state index contributed by atoms with van der Waals surface area (Å²) in [4.78, 5) is 17.0. The lowest BCUT2D eigenvalue weighted by molar-refractivity contribution is 0.102. The van der Waals surface area contributed by atoms with Gasteiger partial charge >= 0.3 is 0 Å². The fourth-order valence-electron chi connectivity index (χ4n) is 1.93. The zero-order valence-corrected chi connectivity index (χ0v) is 13.5. The first-order valence-corrected chi connectivity index (χ1v) is 7.31. The van der Waals surface area contributed by atoms with Crippen molar-refractivity contribution in [2.24, 2.45) is 7.05 Å². The van der Waals surface area contributed by atoms with E-state index in [-0.39, 0.29) is 5.78 Å². The Hall–Kier alpha value is -1.60. The molecule has 7 heteroatoms. The van der Waals surface area contributed by atoms with E-state index in [4.69, 9.17) is 0 Å². The summed E-state index contributed by atoms with van der Waals surface area (Å²) in [7, 11) is 1.67. The maximum absolute atomic E-state index is 12.6. The van der Waals surface area contributed by atoms with Crippen LogP contribution in [0.4, 0.5) is 0 Å². The number of hydrogen-bond acceptors (Lipinski definition) is 4. The summed E-state index contributed by atoms with van der Waals surface area (Å²) < 4.78 is 2.48. The Morgan fingerprint density at radius 1 is 1.25 bits per heavy atom. The average Bonchev–Trinajstić information content (AvgIpc) is 2.76. The summed E-state index contributed by atoms with van der Waals surface area (Å²) in [6.45, 7) is 0. The molecule has 5 nitrogen and oxygen atoms in total. The smallest absolute Gasteiger partial charge is 0.233 e. The minimum Gasteiger partial charge on any atom is -0.285 e. The van der Waals surface area contributed by atoms with Gasteiger partial charge in [0, 0.05) is 16.9 Å². The van der Waals surface area contributed by atoms with E-state index in [1.165, 1.54) is 4.68 Å². The molecule has 3 aromatic rings. The molecule has 0 unspecified atom stereocenters. The van der Waals surface area contributed by atoms with Crippen LogP contribution in [0.25, 0.3) is 10.9 Å². The van der Waals surface area contributed by atoms with Gasteiger partial charge in [0.15, 0.2) is 4.60 Å². The van der Waals surface area contributed by atoms with Gasteiger partial charge < -0.3 is 0 Å². The highest BCUT2D eigenvalue weighted by Crippen LogP contribution is 2.25. The first-order valence-electron chi connectivity index (χ1n) is 5.73. The molecule has 0 saturated heterocycles. The number of benzene rings is 1. The van der Waals surface area contributed by atoms with E-state index in [2.05, 4.69) is 47.2 Å². The van der Waals surface area contributed by atoms with Crippen LogP contribution in [0.3, 0.4) is 0 Å². The van der Waals surface area contributed by atoms with Gasteiger partial charge in [-0.05, 0) is 44.0 Å². The highest BCUT2D eigenvalue weighted by Gasteiger charge is 2.22. The second-order valence-electron chi connectivity index (χ2n) is 4.19. The third kappa shape index (κ3) is 2.16. The molecule has 0 amide bonds. The number of carbonyl (C=O) groups is 1. The van der Waals surface area contributed by atoms with Crippen LogP contribution in [0, 0.1) is 0 Å². The molecule has 0 N–H and O–H groups in total. The summed E-state index contributed by atoms with van der Waals surface area (Å²) in [6.07, 6.45) is 0. The number of fused-ring (bicyclic) bond motifs is 1. The van der Waals surface area contributed by atoms with Crippen LogP contribution in [0.5, 0.6) is 0 Å². The molecule has 1 aromatic carbocycles. The summed E-state index contributed by atoms with van der Waals surface area (Å²) in [6, 6.07) is 9.52. The van der Waals surface area contributed by atoms with E-state index in [0.717, 1.165) is 10.9 Å². The molecule has 0 aliphatic heterocycles. The normalized spacial score (nSPS) is 10.9. The zero-order chi connectivity index (χ0) is 14.3. The summed E-state index contributed by atoms with van der Waals surface area (Å²) in [5.74, 6) is -0.234.